The first-order chi connectivity index (χ1) is 11.5. The largest absolute Gasteiger partial charge is 0.760 e. The molecule has 0 amide bonds. The van der Waals surface area contributed by atoms with Crippen LogP contribution < -0.4 is 5.56 Å². The van der Waals surface area contributed by atoms with Crippen molar-refractivity contribution in [3.05, 3.63) is 64.6 Å². The minimum atomic E-state index is -2.26. The van der Waals surface area contributed by atoms with Crippen molar-refractivity contribution in [1.29, 1.82) is 0 Å². The van der Waals surface area contributed by atoms with E-state index in [4.69, 9.17) is 0 Å². The number of halogens is 1. The van der Waals surface area contributed by atoms with Gasteiger partial charge in [0.25, 0.3) is 0 Å². The predicted octanol–water partition coefficient (Wildman–Crippen LogP) is 2.80. The van der Waals surface area contributed by atoms with E-state index in [0.717, 1.165) is 22.1 Å². The lowest BCUT2D eigenvalue weighted by Gasteiger charge is -2.26. The summed E-state index contributed by atoms with van der Waals surface area (Å²) in [6.45, 7) is 1.83. The smallest absolute Gasteiger partial charge is 0.249 e. The average Bonchev–Trinajstić information content (AvgIpc) is 2.59. The lowest BCUT2D eigenvalue weighted by atomic mass is 10.00. The second kappa shape index (κ2) is 7.88. The van der Waals surface area contributed by atoms with E-state index in [2.05, 4.69) is 9.97 Å². The summed E-state index contributed by atoms with van der Waals surface area (Å²) in [5.41, 5.74) is 3.17. The maximum Gasteiger partial charge on any atom is 0.249 e. The fraction of sp³-hybridized carbons (Fsp3) is 0.176. The minimum absolute atomic E-state index is 0. The summed E-state index contributed by atoms with van der Waals surface area (Å²) in [6.07, 6.45) is 1.65. The van der Waals surface area contributed by atoms with Crippen molar-refractivity contribution in [1.82, 2.24) is 14.3 Å². The van der Waals surface area contributed by atoms with Crippen molar-refractivity contribution in [3.63, 3.8) is 0 Å². The molecule has 3 rings (SSSR count). The number of hydrogen-bond acceptors (Lipinski definition) is 4. The molecule has 0 fully saturated rings. The number of fused-ring (bicyclic) bond motifs is 1. The Morgan fingerprint density at radius 1 is 1.16 bits per heavy atom. The van der Waals surface area contributed by atoms with Crippen LogP contribution >= 0.6 is 12.4 Å². The van der Waals surface area contributed by atoms with Gasteiger partial charge in [0.2, 0.25) is 5.56 Å². The number of rotatable bonds is 4. The van der Waals surface area contributed by atoms with E-state index < -0.39 is 11.3 Å². The van der Waals surface area contributed by atoms with Crippen LogP contribution in [0.2, 0.25) is 0 Å². The van der Waals surface area contributed by atoms with E-state index in [1.165, 1.54) is 17.4 Å². The van der Waals surface area contributed by atoms with Gasteiger partial charge in [0.05, 0.1) is 0 Å². The molecule has 2 aromatic heterocycles. The molecule has 0 aliphatic heterocycles. The van der Waals surface area contributed by atoms with Gasteiger partial charge in [-0.1, -0.05) is 24.3 Å². The van der Waals surface area contributed by atoms with Gasteiger partial charge in [0.15, 0.2) is 0 Å². The average molecular weight is 379 g/mol. The zero-order valence-corrected chi connectivity index (χ0v) is 15.3. The number of benzene rings is 1. The molecule has 1 aromatic carbocycles. The number of pyridine rings is 2. The maximum absolute atomic E-state index is 11.4. The third-order valence-electron chi connectivity index (χ3n) is 4.12. The molecule has 3 aromatic rings. The van der Waals surface area contributed by atoms with Crippen LogP contribution in [-0.4, -0.2) is 30.1 Å². The number of hydrogen-bond donors (Lipinski definition) is 1. The Labute approximate surface area is 153 Å². The topological polar surface area (TPSA) is 89.1 Å². The summed E-state index contributed by atoms with van der Waals surface area (Å²) in [5.74, 6) is 0. The third-order valence-corrected chi connectivity index (χ3v) is 4.90. The van der Waals surface area contributed by atoms with Crippen LogP contribution in [0.15, 0.2) is 53.5 Å². The van der Waals surface area contributed by atoms with Gasteiger partial charge in [-0.3, -0.25) is 9.00 Å². The Bertz CT molecular complexity index is 959. The summed E-state index contributed by atoms with van der Waals surface area (Å²) in [6, 6.07) is 12.5. The van der Waals surface area contributed by atoms with Gasteiger partial charge >= 0.3 is 0 Å². The molecule has 25 heavy (non-hydrogen) atoms. The minimum Gasteiger partial charge on any atom is -0.760 e. The first-order valence-corrected chi connectivity index (χ1v) is 8.41. The first kappa shape index (κ1) is 19.3. The molecule has 0 saturated carbocycles. The van der Waals surface area contributed by atoms with Gasteiger partial charge in [0.1, 0.15) is 5.65 Å². The van der Waals surface area contributed by atoms with E-state index in [1.54, 1.807) is 12.3 Å². The van der Waals surface area contributed by atoms with E-state index in [-0.39, 0.29) is 24.0 Å². The highest BCUT2D eigenvalue weighted by Gasteiger charge is 2.12. The molecule has 0 spiro atoms. The summed E-state index contributed by atoms with van der Waals surface area (Å²) in [4.78, 5) is 18.3. The second-order valence-corrected chi connectivity index (χ2v) is 6.51. The van der Waals surface area contributed by atoms with Crippen molar-refractivity contribution in [3.8, 4) is 11.1 Å². The van der Waals surface area contributed by atoms with E-state index in [0.29, 0.717) is 5.65 Å². The first-order valence-electron chi connectivity index (χ1n) is 7.38. The molecule has 0 aliphatic carbocycles. The number of nitrogens with zero attached hydrogens (tertiary/aromatic N) is 2. The Morgan fingerprint density at radius 3 is 2.48 bits per heavy atom. The molecule has 1 N–H and O–H groups in total. The lowest BCUT2D eigenvalue weighted by molar-refractivity contribution is 0.377. The zero-order chi connectivity index (χ0) is 17.3. The van der Waals surface area contributed by atoms with Crippen molar-refractivity contribution in [2.75, 3.05) is 7.05 Å². The zero-order valence-electron chi connectivity index (χ0n) is 13.6. The molecular weight excluding hydrogens is 362 g/mol. The van der Waals surface area contributed by atoms with E-state index >= 15 is 0 Å². The van der Waals surface area contributed by atoms with Crippen LogP contribution in [0.25, 0.3) is 22.2 Å². The molecule has 0 bridgehead atoms. The molecule has 132 valence electrons. The van der Waals surface area contributed by atoms with Crippen molar-refractivity contribution < 1.29 is 8.76 Å². The summed E-state index contributed by atoms with van der Waals surface area (Å²) < 4.78 is 23.4. The second-order valence-electron chi connectivity index (χ2n) is 5.50. The molecular formula is C17H17ClN3O3S-. The van der Waals surface area contributed by atoms with E-state index in [1.807, 2.05) is 37.3 Å². The van der Waals surface area contributed by atoms with Crippen LogP contribution in [0, 0.1) is 0 Å². The van der Waals surface area contributed by atoms with Crippen LogP contribution in [0.1, 0.15) is 18.5 Å². The molecule has 2 heterocycles. The lowest BCUT2D eigenvalue weighted by Crippen LogP contribution is -2.24. The number of aromatic nitrogens is 2. The van der Waals surface area contributed by atoms with E-state index in [9.17, 15) is 13.6 Å². The molecule has 0 radical (unpaired) electrons. The third kappa shape index (κ3) is 3.96. The van der Waals surface area contributed by atoms with Crippen LogP contribution in [0.3, 0.4) is 0 Å². The standard InChI is InChI=1S/C17H17N3O3S.ClH/c1-11(20(2)24(22)23)12-3-5-13(6-4-12)14-9-10-18-17-15(14)7-8-16(21)19-17;/h3-11H,1-2H3,(H,22,23)(H,18,19,21);1H/p-1/t11-;/m0./s1. The van der Waals surface area contributed by atoms with Crippen LogP contribution in [-0.2, 0) is 11.3 Å². The monoisotopic (exact) mass is 378 g/mol. The van der Waals surface area contributed by atoms with Gasteiger partial charge in [-0.2, -0.15) is 0 Å². The maximum atomic E-state index is 11.4. The Balaban J connectivity index is 0.00000225. The molecule has 1 unspecified atom stereocenters. The Hall–Kier alpha value is -2.06. The normalized spacial score (nSPS) is 13.4. The van der Waals surface area contributed by atoms with Crippen LogP contribution in [0.4, 0.5) is 0 Å². The molecule has 0 aliphatic rings. The van der Waals surface area contributed by atoms with Crippen molar-refractivity contribution in [2.45, 2.75) is 13.0 Å². The molecule has 8 heteroatoms. The van der Waals surface area contributed by atoms with Gasteiger partial charge in [-0.25, -0.2) is 9.29 Å². The molecule has 0 saturated heterocycles. The summed E-state index contributed by atoms with van der Waals surface area (Å²) >= 11 is -2.26. The molecule has 6 nitrogen and oxygen atoms in total. The SMILES string of the molecule is C[C@@H](c1ccc(-c2ccnc3[nH]c(=O)ccc23)cc1)N(C)S(=O)[O-].Cl. The van der Waals surface area contributed by atoms with Crippen molar-refractivity contribution in [2.24, 2.45) is 0 Å². The fourth-order valence-electron chi connectivity index (χ4n) is 2.59. The highest BCUT2D eigenvalue weighted by atomic mass is 35.5. The Morgan fingerprint density at radius 2 is 1.84 bits per heavy atom. The Kier molecular flexibility index (Phi) is 6.07. The van der Waals surface area contributed by atoms with Gasteiger partial charge in [0, 0.05) is 35.0 Å². The van der Waals surface area contributed by atoms with Crippen molar-refractivity contribution >= 4 is 34.7 Å². The number of H-pyrrole nitrogens is 1. The van der Waals surface area contributed by atoms with Gasteiger partial charge in [-0.05, 0) is 42.8 Å². The highest BCUT2D eigenvalue weighted by molar-refractivity contribution is 7.76. The van der Waals surface area contributed by atoms with Gasteiger partial charge in [-0.15, -0.1) is 12.4 Å². The van der Waals surface area contributed by atoms with Crippen LogP contribution in [0.5, 0.6) is 0 Å². The fourth-order valence-corrected chi connectivity index (χ4v) is 2.97. The highest BCUT2D eigenvalue weighted by Crippen LogP contribution is 2.28. The number of aromatic amines is 1. The summed E-state index contributed by atoms with van der Waals surface area (Å²) in [7, 11) is 1.54. The summed E-state index contributed by atoms with van der Waals surface area (Å²) in [5, 5.41) is 0.857. The number of nitrogens with one attached hydrogen (secondary N) is 1. The van der Waals surface area contributed by atoms with Gasteiger partial charge < -0.3 is 9.54 Å². The predicted molar refractivity (Wildman–Crippen MR) is 100 cm³/mol. The molecule has 2 atom stereocenters. The quantitative estimate of drug-likeness (QED) is 0.707.